The summed E-state index contributed by atoms with van der Waals surface area (Å²) in [5, 5.41) is 16.8. The molecule has 4 aromatic rings. The van der Waals surface area contributed by atoms with Crippen LogP contribution in [0.2, 0.25) is 10.0 Å². The smallest absolute Gasteiger partial charge is 0.410 e. The summed E-state index contributed by atoms with van der Waals surface area (Å²) >= 11 is 12.9. The van der Waals surface area contributed by atoms with Crippen molar-refractivity contribution in [2.75, 3.05) is 88.3 Å². The molecule has 0 aromatic heterocycles. The average molecular weight is 1360 g/mol. The summed E-state index contributed by atoms with van der Waals surface area (Å²) in [6.45, 7) is 35.6. The molecule has 4 aliphatic rings. The van der Waals surface area contributed by atoms with E-state index in [1.807, 2.05) is 90.3 Å². The molecule has 22 heteroatoms. The van der Waals surface area contributed by atoms with Crippen molar-refractivity contribution in [1.82, 2.24) is 30.2 Å². The molecule has 6 atom stereocenters. The molecule has 15 nitrogen and oxygen atoms in total. The number of hydrogen-bond acceptors (Lipinski definition) is 10. The molecule has 0 bridgehead atoms. The van der Waals surface area contributed by atoms with Crippen molar-refractivity contribution in [2.45, 2.75) is 157 Å². The molecule has 4 fully saturated rings. The van der Waals surface area contributed by atoms with Gasteiger partial charge in [-0.15, -0.1) is 0 Å². The quantitative estimate of drug-likeness (QED) is 0.116. The third-order valence-corrected chi connectivity index (χ3v) is 17.9. The second kappa shape index (κ2) is 31.5. The summed E-state index contributed by atoms with van der Waals surface area (Å²) in [6.07, 6.45) is 1.24. The monoisotopic (exact) mass is 1360 g/mol. The zero-order valence-electron chi connectivity index (χ0n) is 54.6. The molecule has 3 N–H and O–H groups in total. The van der Waals surface area contributed by atoms with Crippen LogP contribution in [0.4, 0.5) is 33.7 Å². The zero-order valence-corrected chi connectivity index (χ0v) is 58.9. The predicted octanol–water partition coefficient (Wildman–Crippen LogP) is 12.8. The van der Waals surface area contributed by atoms with E-state index in [4.69, 9.17) is 27.9 Å². The number of likely N-dealkylation sites (tertiary alicyclic amines) is 2. The van der Waals surface area contributed by atoms with E-state index in [1.54, 1.807) is 4.90 Å². The van der Waals surface area contributed by atoms with Gasteiger partial charge in [0.1, 0.15) is 28.9 Å². The minimum Gasteiger partial charge on any atom is -0.481 e. The maximum atomic E-state index is 14.9. The predicted molar refractivity (Wildman–Crippen MR) is 340 cm³/mol. The van der Waals surface area contributed by atoms with E-state index < -0.39 is 52.6 Å². The third kappa shape index (κ3) is 19.7. The first kappa shape index (κ1) is 74.7. The van der Waals surface area contributed by atoms with Crippen LogP contribution < -0.4 is 20.4 Å². The van der Waals surface area contributed by atoms with Crippen LogP contribution in [0.25, 0.3) is 0 Å². The standard InChI is InChI=1S/C31H41ClF2N4O2.C21H32ClN3O3.C15H19F2NO2.Y/c1-7-28(35-20(3)39)23-14-19(2)26(32)16-29(23)36-10-12-37(13-11-36)30(40)25-18-38(31(4,5)6)17-24(25)22-9-8-21(33)15-27(22)34;1-7-18(23-15(3)26)16-12-14(2)17(22)13-19(16)24-8-10-25(11-9-24)20(27)28-21(4,5)6;1-15(2,3)18-7-11(12(8-18)14(19)20)10-5-4-9(16)6-13(10)17;/h8-9,14-16,24-25,28H,7,10-13,17-18H2,1-6H3,(H,35,39);12-13,18H,7-11H2,1-6H3,(H,23,26);4-6,11-12H,7-8H2,1-3H3,(H,19,20);/t24-,25+,28?;;11-,12+;/m0.0./s1. The number of hydrogen-bond donors (Lipinski definition) is 3. The fraction of sp³-hybridized carbons (Fsp3) is 0.567. The van der Waals surface area contributed by atoms with E-state index >= 15 is 0 Å². The van der Waals surface area contributed by atoms with Crippen molar-refractivity contribution in [3.05, 3.63) is 127 Å². The van der Waals surface area contributed by atoms with Gasteiger partial charge in [0.25, 0.3) is 0 Å². The number of carboxylic acids is 1. The number of anilines is 2. The summed E-state index contributed by atoms with van der Waals surface area (Å²) < 4.78 is 60.9. The Morgan fingerprint density at radius 3 is 1.28 bits per heavy atom. The number of amides is 4. The van der Waals surface area contributed by atoms with Crippen LogP contribution in [0.5, 0.6) is 0 Å². The number of aryl methyl sites for hydroxylation is 2. The number of aliphatic carboxylic acids is 1. The minimum absolute atomic E-state index is 0. The molecule has 4 heterocycles. The number of carbonyl (C=O) groups excluding carboxylic acids is 4. The Labute approximate surface area is 559 Å². The molecule has 4 amide bonds. The van der Waals surface area contributed by atoms with E-state index in [2.05, 4.69) is 59.1 Å². The molecule has 4 aliphatic heterocycles. The summed E-state index contributed by atoms with van der Waals surface area (Å²) in [4.78, 5) is 73.5. The van der Waals surface area contributed by atoms with Gasteiger partial charge in [-0.2, -0.15) is 0 Å². The molecule has 4 saturated heterocycles. The summed E-state index contributed by atoms with van der Waals surface area (Å²) in [7, 11) is 0. The number of carboxylic acid groups (broad SMARTS) is 1. The summed E-state index contributed by atoms with van der Waals surface area (Å²) in [5.74, 6) is -5.51. The van der Waals surface area contributed by atoms with Crippen LogP contribution in [-0.2, 0) is 56.6 Å². The first-order valence-corrected chi connectivity index (χ1v) is 31.3. The van der Waals surface area contributed by atoms with Crippen LogP contribution in [0.3, 0.4) is 0 Å². The van der Waals surface area contributed by atoms with Gasteiger partial charge < -0.3 is 40.1 Å². The number of piperazine rings is 2. The largest absolute Gasteiger partial charge is 0.481 e. The Hall–Kier alpha value is -5.05. The minimum atomic E-state index is -0.939. The Morgan fingerprint density at radius 1 is 0.573 bits per heavy atom. The van der Waals surface area contributed by atoms with Gasteiger partial charge in [-0.1, -0.05) is 61.3 Å². The van der Waals surface area contributed by atoms with Crippen LogP contribution in [0.15, 0.2) is 60.7 Å². The maximum Gasteiger partial charge on any atom is 0.410 e. The molecule has 487 valence electrons. The van der Waals surface area contributed by atoms with Gasteiger partial charge >= 0.3 is 12.1 Å². The van der Waals surface area contributed by atoms with Gasteiger partial charge in [0, 0.05) is 182 Å². The third-order valence-electron chi connectivity index (χ3n) is 17.0. The zero-order chi connectivity index (χ0) is 65.5. The van der Waals surface area contributed by atoms with E-state index in [9.17, 15) is 46.6 Å². The Kier molecular flexibility index (Phi) is 26.4. The van der Waals surface area contributed by atoms with Crippen molar-refractivity contribution < 1.29 is 84.1 Å². The number of nitrogens with one attached hydrogen (secondary N) is 2. The Morgan fingerprint density at radius 2 is 0.944 bits per heavy atom. The number of ether oxygens (including phenoxy) is 1. The number of halogens is 6. The van der Waals surface area contributed by atoms with E-state index in [0.29, 0.717) is 94.1 Å². The topological polar surface area (TPSA) is 158 Å². The van der Waals surface area contributed by atoms with Crippen LogP contribution >= 0.6 is 23.2 Å². The maximum absolute atomic E-state index is 14.9. The Bertz CT molecular complexity index is 3140. The first-order valence-electron chi connectivity index (χ1n) is 30.5. The number of rotatable bonds is 12. The summed E-state index contributed by atoms with van der Waals surface area (Å²) in [6, 6.07) is 14.8. The second-order valence-corrected chi connectivity index (χ2v) is 27.5. The summed E-state index contributed by atoms with van der Waals surface area (Å²) in [5.41, 5.74) is 5.80. The second-order valence-electron chi connectivity index (χ2n) is 26.7. The molecule has 1 radical (unpaired) electrons. The van der Waals surface area contributed by atoms with Crippen LogP contribution in [0.1, 0.15) is 160 Å². The van der Waals surface area contributed by atoms with Crippen molar-refractivity contribution in [2.24, 2.45) is 11.8 Å². The normalized spacial score (nSPS) is 19.9. The SMILES string of the molecule is CC(C)(C)N1C[C@@H](C(=O)O)[C@H](c2ccc(F)cc2F)C1.CCC(NC(C)=O)c1cc(C)c(Cl)cc1N1CCN(C(=O)OC(C)(C)C)CC1.CCC(NC(C)=O)c1cc(C)c(Cl)cc1N1CCN(C(=O)[C@@H]2CN(C(C)(C)C)C[C@H]2c2ccc(F)cc2F)CC1.[Y]. The van der Waals surface area contributed by atoms with Crippen molar-refractivity contribution >= 4 is 64.4 Å². The van der Waals surface area contributed by atoms with E-state index in [0.717, 1.165) is 58.6 Å². The molecule has 0 aliphatic carbocycles. The Balaban J connectivity index is 0.000000257. The van der Waals surface area contributed by atoms with Crippen molar-refractivity contribution in [1.29, 1.82) is 0 Å². The molecule has 89 heavy (non-hydrogen) atoms. The molecule has 2 unspecified atom stereocenters. The molecule has 0 spiro atoms. The first-order chi connectivity index (χ1) is 41.0. The average Bonchev–Trinajstić information content (AvgIpc) is 2.90. The van der Waals surface area contributed by atoms with Gasteiger partial charge in [-0.3, -0.25) is 29.0 Å². The van der Waals surface area contributed by atoms with Gasteiger partial charge in [0.15, 0.2) is 0 Å². The number of nitrogens with zero attached hydrogens (tertiary/aromatic N) is 6. The van der Waals surface area contributed by atoms with E-state index in [1.165, 1.54) is 38.1 Å². The van der Waals surface area contributed by atoms with Crippen molar-refractivity contribution in [3.63, 3.8) is 0 Å². The number of carbonyl (C=O) groups is 5. The molecule has 8 rings (SSSR count). The van der Waals surface area contributed by atoms with Crippen LogP contribution in [0, 0.1) is 49.0 Å². The van der Waals surface area contributed by atoms with E-state index in [-0.39, 0.29) is 91.2 Å². The number of benzene rings is 4. The van der Waals surface area contributed by atoms with Gasteiger partial charge in [0.05, 0.1) is 23.9 Å². The van der Waals surface area contributed by atoms with Gasteiger partial charge in [0.2, 0.25) is 17.7 Å². The molecular weight excluding hydrogens is 1260 g/mol. The molecule has 4 aromatic carbocycles. The van der Waals surface area contributed by atoms with Crippen molar-refractivity contribution in [3.8, 4) is 0 Å². The fourth-order valence-corrected chi connectivity index (χ4v) is 12.4. The van der Waals surface area contributed by atoms with Crippen LogP contribution in [-0.4, -0.2) is 150 Å². The molecular formula is C67H92Cl2F4N8O7Y. The molecule has 0 saturated carbocycles. The fourth-order valence-electron chi connectivity index (χ4n) is 12.1. The van der Waals surface area contributed by atoms with Gasteiger partial charge in [-0.25, -0.2) is 22.4 Å². The van der Waals surface area contributed by atoms with Gasteiger partial charge in [-0.05, 0) is 147 Å².